The molecule has 1 aromatic heterocycles. The normalized spacial score (nSPS) is 9.15. The molecule has 0 aliphatic rings. The van der Waals surface area contributed by atoms with E-state index in [0.29, 0.717) is 13.0 Å². The summed E-state index contributed by atoms with van der Waals surface area (Å²) in [6.45, 7) is 0.772. The minimum atomic E-state index is -0.0704. The van der Waals surface area contributed by atoms with E-state index in [9.17, 15) is 4.79 Å². The minimum Gasteiger partial charge on any atom is -0.354 e. The zero-order valence-corrected chi connectivity index (χ0v) is 7.23. The second-order valence-corrected chi connectivity index (χ2v) is 2.51. The van der Waals surface area contributed by atoms with Gasteiger partial charge in [0.2, 0.25) is 5.91 Å². The number of rotatable bonds is 4. The van der Waals surface area contributed by atoms with Crippen LogP contribution in [-0.2, 0) is 11.3 Å². The quantitative estimate of drug-likeness (QED) is 0.520. The minimum absolute atomic E-state index is 0.0704. The molecule has 0 saturated heterocycles. The Labute approximate surface area is 76.9 Å². The van der Waals surface area contributed by atoms with Gasteiger partial charge in [0.15, 0.2) is 0 Å². The average molecular weight is 177 g/mol. The van der Waals surface area contributed by atoms with Gasteiger partial charge in [-0.1, -0.05) is 0 Å². The predicted octanol–water partition coefficient (Wildman–Crippen LogP) is 0.0226. The fourth-order valence-electron chi connectivity index (χ4n) is 0.871. The molecule has 0 radical (unpaired) electrons. The van der Waals surface area contributed by atoms with Crippen LogP contribution in [0.2, 0.25) is 0 Å². The van der Waals surface area contributed by atoms with E-state index in [1.54, 1.807) is 23.1 Å². The molecule has 4 heteroatoms. The van der Waals surface area contributed by atoms with Crippen LogP contribution in [0.5, 0.6) is 0 Å². The molecule has 0 aliphatic heterocycles. The maximum Gasteiger partial charge on any atom is 0.241 e. The summed E-state index contributed by atoms with van der Waals surface area (Å²) in [5.41, 5.74) is 0. The zero-order chi connectivity index (χ0) is 9.52. The molecular weight excluding hydrogens is 166 g/mol. The van der Waals surface area contributed by atoms with Crippen LogP contribution in [0.15, 0.2) is 18.5 Å². The van der Waals surface area contributed by atoms with Gasteiger partial charge >= 0.3 is 0 Å². The van der Waals surface area contributed by atoms with E-state index < -0.39 is 0 Å². The van der Waals surface area contributed by atoms with E-state index in [2.05, 4.69) is 16.3 Å². The van der Waals surface area contributed by atoms with Crippen LogP contribution in [0.25, 0.3) is 0 Å². The molecule has 0 aromatic carbocycles. The van der Waals surface area contributed by atoms with Crippen LogP contribution in [0.4, 0.5) is 0 Å². The highest BCUT2D eigenvalue weighted by Crippen LogP contribution is 1.84. The molecule has 0 bridgehead atoms. The SMILES string of the molecule is C#CCCNC(=O)Cn1cccn1. The predicted molar refractivity (Wildman–Crippen MR) is 48.7 cm³/mol. The second-order valence-electron chi connectivity index (χ2n) is 2.51. The lowest BCUT2D eigenvalue weighted by molar-refractivity contribution is -0.121. The number of carbonyl (C=O) groups excluding carboxylic acids is 1. The third-order valence-electron chi connectivity index (χ3n) is 1.46. The summed E-state index contributed by atoms with van der Waals surface area (Å²) < 4.78 is 1.56. The molecule has 13 heavy (non-hydrogen) atoms. The van der Waals surface area contributed by atoms with Gasteiger partial charge < -0.3 is 5.32 Å². The summed E-state index contributed by atoms with van der Waals surface area (Å²) in [6.07, 6.45) is 8.96. The molecule has 0 fully saturated rings. The summed E-state index contributed by atoms with van der Waals surface area (Å²) in [7, 11) is 0. The molecule has 68 valence electrons. The van der Waals surface area contributed by atoms with Crippen LogP contribution in [0.1, 0.15) is 6.42 Å². The summed E-state index contributed by atoms with van der Waals surface area (Å²) in [5.74, 6) is 2.37. The van der Waals surface area contributed by atoms with Crippen molar-refractivity contribution in [2.24, 2.45) is 0 Å². The maximum atomic E-state index is 11.1. The van der Waals surface area contributed by atoms with Crippen molar-refractivity contribution in [3.63, 3.8) is 0 Å². The Balaban J connectivity index is 2.23. The largest absolute Gasteiger partial charge is 0.354 e. The van der Waals surface area contributed by atoms with Crippen molar-refractivity contribution < 1.29 is 4.79 Å². The number of carbonyl (C=O) groups is 1. The monoisotopic (exact) mass is 177 g/mol. The second kappa shape index (κ2) is 4.99. The Morgan fingerprint density at radius 2 is 2.54 bits per heavy atom. The Morgan fingerprint density at radius 3 is 3.15 bits per heavy atom. The summed E-state index contributed by atoms with van der Waals surface area (Å²) >= 11 is 0. The van der Waals surface area contributed by atoms with Gasteiger partial charge in [0.1, 0.15) is 6.54 Å². The third kappa shape index (κ3) is 3.43. The number of nitrogens with one attached hydrogen (secondary N) is 1. The number of nitrogens with zero attached hydrogens (tertiary/aromatic N) is 2. The van der Waals surface area contributed by atoms with Gasteiger partial charge in [0, 0.05) is 25.4 Å². The third-order valence-corrected chi connectivity index (χ3v) is 1.46. The number of hydrogen-bond donors (Lipinski definition) is 1. The molecule has 4 nitrogen and oxygen atoms in total. The number of aromatic nitrogens is 2. The van der Waals surface area contributed by atoms with Gasteiger partial charge in [0.25, 0.3) is 0 Å². The van der Waals surface area contributed by atoms with Crippen molar-refractivity contribution in [2.75, 3.05) is 6.54 Å². The highest BCUT2D eigenvalue weighted by atomic mass is 16.2. The Morgan fingerprint density at radius 1 is 1.69 bits per heavy atom. The number of terminal acetylenes is 1. The van der Waals surface area contributed by atoms with Crippen LogP contribution < -0.4 is 5.32 Å². The van der Waals surface area contributed by atoms with Crippen LogP contribution in [0, 0.1) is 12.3 Å². The molecule has 0 atom stereocenters. The molecule has 0 saturated carbocycles. The maximum absolute atomic E-state index is 11.1. The lowest BCUT2D eigenvalue weighted by Crippen LogP contribution is -2.28. The Hall–Kier alpha value is -1.76. The first-order valence-electron chi connectivity index (χ1n) is 4.00. The van der Waals surface area contributed by atoms with Gasteiger partial charge in [-0.05, 0) is 6.07 Å². The average Bonchev–Trinajstić information content (AvgIpc) is 2.57. The first kappa shape index (κ1) is 9.33. The molecule has 1 heterocycles. The first-order valence-corrected chi connectivity index (χ1v) is 4.00. The smallest absolute Gasteiger partial charge is 0.241 e. The van der Waals surface area contributed by atoms with Crippen molar-refractivity contribution in [1.82, 2.24) is 15.1 Å². The highest BCUT2D eigenvalue weighted by Gasteiger charge is 2.00. The van der Waals surface area contributed by atoms with Gasteiger partial charge in [-0.3, -0.25) is 9.48 Å². The molecule has 1 aromatic rings. The van der Waals surface area contributed by atoms with Gasteiger partial charge in [-0.15, -0.1) is 12.3 Å². The topological polar surface area (TPSA) is 46.9 Å². The van der Waals surface area contributed by atoms with Crippen LogP contribution in [-0.4, -0.2) is 22.2 Å². The Bertz CT molecular complexity index is 297. The van der Waals surface area contributed by atoms with Crippen molar-refractivity contribution in [1.29, 1.82) is 0 Å². The van der Waals surface area contributed by atoms with E-state index in [1.807, 2.05) is 0 Å². The van der Waals surface area contributed by atoms with E-state index in [0.717, 1.165) is 0 Å². The van der Waals surface area contributed by atoms with Crippen LogP contribution >= 0.6 is 0 Å². The standard InChI is InChI=1S/C9H11N3O/c1-2-3-5-10-9(13)8-12-7-4-6-11-12/h1,4,6-7H,3,5,8H2,(H,10,13). The number of hydrogen-bond acceptors (Lipinski definition) is 2. The molecule has 1 rings (SSSR count). The van der Waals surface area contributed by atoms with E-state index >= 15 is 0 Å². The van der Waals surface area contributed by atoms with Crippen molar-refractivity contribution in [2.45, 2.75) is 13.0 Å². The lowest BCUT2D eigenvalue weighted by atomic mass is 10.4. The van der Waals surface area contributed by atoms with Crippen molar-refractivity contribution in [3.8, 4) is 12.3 Å². The van der Waals surface area contributed by atoms with Crippen molar-refractivity contribution in [3.05, 3.63) is 18.5 Å². The Kier molecular flexibility index (Phi) is 3.58. The molecule has 0 spiro atoms. The summed E-state index contributed by atoms with van der Waals surface area (Å²) in [6, 6.07) is 1.77. The van der Waals surface area contributed by atoms with Crippen molar-refractivity contribution >= 4 is 5.91 Å². The summed E-state index contributed by atoms with van der Waals surface area (Å²) in [4.78, 5) is 11.1. The zero-order valence-electron chi connectivity index (χ0n) is 7.23. The molecule has 0 aliphatic carbocycles. The fourth-order valence-corrected chi connectivity index (χ4v) is 0.871. The molecule has 1 amide bonds. The molecule has 0 unspecified atom stereocenters. The van der Waals surface area contributed by atoms with Gasteiger partial charge in [-0.2, -0.15) is 5.10 Å². The lowest BCUT2D eigenvalue weighted by Gasteiger charge is -2.02. The van der Waals surface area contributed by atoms with E-state index in [1.165, 1.54) is 0 Å². The van der Waals surface area contributed by atoms with E-state index in [4.69, 9.17) is 6.42 Å². The molecule has 1 N–H and O–H groups in total. The number of amides is 1. The van der Waals surface area contributed by atoms with Crippen LogP contribution in [0.3, 0.4) is 0 Å². The summed E-state index contributed by atoms with van der Waals surface area (Å²) in [5, 5.41) is 6.58. The molecular formula is C9H11N3O. The van der Waals surface area contributed by atoms with Gasteiger partial charge in [0.05, 0.1) is 0 Å². The first-order chi connectivity index (χ1) is 6.33. The van der Waals surface area contributed by atoms with Gasteiger partial charge in [-0.25, -0.2) is 0 Å². The fraction of sp³-hybridized carbons (Fsp3) is 0.333. The highest BCUT2D eigenvalue weighted by molar-refractivity contribution is 5.75. The van der Waals surface area contributed by atoms with E-state index in [-0.39, 0.29) is 12.5 Å².